The van der Waals surface area contributed by atoms with Crippen LogP contribution in [0.1, 0.15) is 24.8 Å². The molecule has 3 N–H and O–H groups in total. The second-order valence-corrected chi connectivity index (χ2v) is 5.80. The molecule has 0 saturated heterocycles. The predicted octanol–water partition coefficient (Wildman–Crippen LogP) is 2.76. The van der Waals surface area contributed by atoms with Gasteiger partial charge in [-0.1, -0.05) is 6.08 Å². The van der Waals surface area contributed by atoms with Crippen LogP contribution >= 0.6 is 0 Å². The molecule has 0 amide bonds. The van der Waals surface area contributed by atoms with Crippen molar-refractivity contribution in [3.63, 3.8) is 0 Å². The van der Waals surface area contributed by atoms with Crippen molar-refractivity contribution in [1.29, 1.82) is 0 Å². The molecule has 0 radical (unpaired) electrons. The van der Waals surface area contributed by atoms with E-state index in [1.807, 2.05) is 0 Å². The van der Waals surface area contributed by atoms with Gasteiger partial charge >= 0.3 is 0 Å². The van der Waals surface area contributed by atoms with Crippen molar-refractivity contribution in [3.8, 4) is 0 Å². The maximum absolute atomic E-state index is 4.68. The molecule has 4 heteroatoms. The van der Waals surface area contributed by atoms with E-state index < -0.39 is 0 Å². The van der Waals surface area contributed by atoms with Gasteiger partial charge in [0.1, 0.15) is 11.5 Å². The van der Waals surface area contributed by atoms with Crippen LogP contribution in [0.4, 0.5) is 5.82 Å². The van der Waals surface area contributed by atoms with Crippen molar-refractivity contribution >= 4 is 22.4 Å². The maximum Gasteiger partial charge on any atom is 0.140 e. The highest BCUT2D eigenvalue weighted by Crippen LogP contribution is 2.30. The first-order valence-electron chi connectivity index (χ1n) is 7.52. The highest BCUT2D eigenvalue weighted by atomic mass is 15.0. The van der Waals surface area contributed by atoms with E-state index in [1.54, 1.807) is 0 Å². The zero-order valence-corrected chi connectivity index (χ0v) is 11.6. The maximum atomic E-state index is 4.68. The van der Waals surface area contributed by atoms with E-state index in [9.17, 15) is 0 Å². The number of fused-ring (bicyclic) bond motifs is 1. The van der Waals surface area contributed by atoms with Crippen molar-refractivity contribution in [3.05, 3.63) is 30.0 Å². The first-order valence-corrected chi connectivity index (χ1v) is 7.52. The second-order valence-electron chi connectivity index (χ2n) is 5.80. The van der Waals surface area contributed by atoms with Gasteiger partial charge in [-0.05, 0) is 49.4 Å². The van der Waals surface area contributed by atoms with Gasteiger partial charge in [0.15, 0.2) is 0 Å². The van der Waals surface area contributed by atoms with Gasteiger partial charge in [-0.3, -0.25) is 0 Å². The topological polar surface area (TPSA) is 52.7 Å². The Hall–Kier alpha value is -1.81. The van der Waals surface area contributed by atoms with Crippen LogP contribution in [0.25, 0.3) is 16.6 Å². The van der Waals surface area contributed by atoms with Crippen molar-refractivity contribution in [1.82, 2.24) is 15.3 Å². The lowest BCUT2D eigenvalue weighted by Gasteiger charge is -2.13. The van der Waals surface area contributed by atoms with Crippen molar-refractivity contribution < 1.29 is 0 Å². The number of rotatable bonds is 4. The van der Waals surface area contributed by atoms with Gasteiger partial charge < -0.3 is 15.6 Å². The molecule has 20 heavy (non-hydrogen) atoms. The lowest BCUT2D eigenvalue weighted by Crippen LogP contribution is -2.19. The Kier molecular flexibility index (Phi) is 2.96. The molecular weight excluding hydrogens is 248 g/mol. The van der Waals surface area contributed by atoms with E-state index in [-0.39, 0.29) is 0 Å². The third kappa shape index (κ3) is 2.31. The third-order valence-corrected chi connectivity index (χ3v) is 4.22. The molecule has 0 atom stereocenters. The van der Waals surface area contributed by atoms with Crippen LogP contribution in [0.5, 0.6) is 0 Å². The molecule has 4 nitrogen and oxygen atoms in total. The zero-order valence-electron chi connectivity index (χ0n) is 11.6. The minimum atomic E-state index is 0.867. The lowest BCUT2D eigenvalue weighted by molar-refractivity contribution is 0.739. The summed E-state index contributed by atoms with van der Waals surface area (Å²) >= 11 is 0. The van der Waals surface area contributed by atoms with E-state index in [4.69, 9.17) is 0 Å². The minimum Gasteiger partial charge on any atom is -0.370 e. The number of H-pyrrole nitrogens is 1. The third-order valence-electron chi connectivity index (χ3n) is 4.22. The summed E-state index contributed by atoms with van der Waals surface area (Å²) in [6.45, 7) is 3.09. The molecule has 0 bridgehead atoms. The Balaban J connectivity index is 1.61. The van der Waals surface area contributed by atoms with Gasteiger partial charge in [-0.2, -0.15) is 0 Å². The molecule has 4 rings (SSSR count). The van der Waals surface area contributed by atoms with Crippen molar-refractivity contribution in [2.45, 2.75) is 19.3 Å². The summed E-state index contributed by atoms with van der Waals surface area (Å²) in [6.07, 6.45) is 8.20. The van der Waals surface area contributed by atoms with E-state index in [1.165, 1.54) is 29.4 Å². The number of anilines is 1. The standard InChI is InChI=1S/C16H20N4/c1-2-11(1)9-18-15-4-3-13-14(10-19-16(13)20-15)12-5-7-17-8-6-12/h3-5,10-11,17H,1-2,6-9H2,(H2,18,19,20). The highest BCUT2D eigenvalue weighted by molar-refractivity contribution is 5.91. The summed E-state index contributed by atoms with van der Waals surface area (Å²) < 4.78 is 0. The Morgan fingerprint density at radius 2 is 2.25 bits per heavy atom. The molecule has 2 aromatic rings. The van der Waals surface area contributed by atoms with E-state index in [0.29, 0.717) is 0 Å². The van der Waals surface area contributed by atoms with Crippen LogP contribution in [-0.4, -0.2) is 29.6 Å². The largest absolute Gasteiger partial charge is 0.370 e. The van der Waals surface area contributed by atoms with Crippen LogP contribution < -0.4 is 10.6 Å². The molecule has 1 aliphatic heterocycles. The monoisotopic (exact) mass is 268 g/mol. The summed E-state index contributed by atoms with van der Waals surface area (Å²) in [4.78, 5) is 8.00. The Labute approximate surface area is 118 Å². The normalized spacial score (nSPS) is 19.1. The summed E-state index contributed by atoms with van der Waals surface area (Å²) in [7, 11) is 0. The smallest absolute Gasteiger partial charge is 0.140 e. The fourth-order valence-corrected chi connectivity index (χ4v) is 2.81. The van der Waals surface area contributed by atoms with Gasteiger partial charge in [0.05, 0.1) is 0 Å². The van der Waals surface area contributed by atoms with Gasteiger partial charge in [-0.25, -0.2) is 4.98 Å². The number of hydrogen-bond donors (Lipinski definition) is 3. The van der Waals surface area contributed by atoms with Crippen LogP contribution in [-0.2, 0) is 0 Å². The Bertz CT molecular complexity index is 652. The van der Waals surface area contributed by atoms with Gasteiger partial charge in [0, 0.05) is 30.2 Å². The van der Waals surface area contributed by atoms with E-state index in [0.717, 1.165) is 43.4 Å². The first kappa shape index (κ1) is 12.0. The predicted molar refractivity (Wildman–Crippen MR) is 82.8 cm³/mol. The molecule has 1 fully saturated rings. The van der Waals surface area contributed by atoms with Crippen LogP contribution in [0.15, 0.2) is 24.4 Å². The zero-order chi connectivity index (χ0) is 13.4. The summed E-state index contributed by atoms with van der Waals surface area (Å²) in [5.41, 5.74) is 3.72. The number of hydrogen-bond acceptors (Lipinski definition) is 3. The SMILES string of the molecule is C1=C(c2c[nH]c3nc(NCC4CC4)ccc23)CCNC1. The molecule has 2 aromatic heterocycles. The van der Waals surface area contributed by atoms with Crippen molar-refractivity contribution in [2.75, 3.05) is 25.0 Å². The average molecular weight is 268 g/mol. The molecule has 1 aliphatic carbocycles. The number of aromatic amines is 1. The van der Waals surface area contributed by atoms with Gasteiger partial charge in [0.25, 0.3) is 0 Å². The number of aromatic nitrogens is 2. The summed E-state index contributed by atoms with van der Waals surface area (Å²) in [5.74, 6) is 1.85. The first-order chi connectivity index (χ1) is 9.90. The summed E-state index contributed by atoms with van der Waals surface area (Å²) in [5, 5.41) is 8.02. The molecule has 2 aliphatic rings. The highest BCUT2D eigenvalue weighted by Gasteiger charge is 2.20. The fraction of sp³-hybridized carbons (Fsp3) is 0.438. The molecular formula is C16H20N4. The van der Waals surface area contributed by atoms with Crippen molar-refractivity contribution in [2.24, 2.45) is 5.92 Å². The summed E-state index contributed by atoms with van der Waals surface area (Å²) in [6, 6.07) is 4.29. The van der Waals surface area contributed by atoms with Crippen LogP contribution in [0.2, 0.25) is 0 Å². The Morgan fingerprint density at radius 1 is 1.30 bits per heavy atom. The second kappa shape index (κ2) is 4.94. The quantitative estimate of drug-likeness (QED) is 0.799. The molecule has 0 spiro atoms. The molecule has 1 saturated carbocycles. The average Bonchev–Trinajstić information content (AvgIpc) is 3.24. The minimum absolute atomic E-state index is 0.867. The van der Waals surface area contributed by atoms with Gasteiger partial charge in [0.2, 0.25) is 0 Å². The van der Waals surface area contributed by atoms with Crippen LogP contribution in [0, 0.1) is 5.92 Å². The number of pyridine rings is 1. The molecule has 3 heterocycles. The molecule has 0 unspecified atom stereocenters. The Morgan fingerprint density at radius 3 is 3.05 bits per heavy atom. The fourth-order valence-electron chi connectivity index (χ4n) is 2.81. The molecule has 0 aromatic carbocycles. The van der Waals surface area contributed by atoms with E-state index in [2.05, 4.69) is 45.0 Å². The molecule has 104 valence electrons. The lowest BCUT2D eigenvalue weighted by atomic mass is 10.0. The van der Waals surface area contributed by atoms with E-state index >= 15 is 0 Å². The number of nitrogens with zero attached hydrogens (tertiary/aromatic N) is 1. The van der Waals surface area contributed by atoms with Gasteiger partial charge in [-0.15, -0.1) is 0 Å². The number of nitrogens with one attached hydrogen (secondary N) is 3. The van der Waals surface area contributed by atoms with Crippen LogP contribution in [0.3, 0.4) is 0 Å².